The zero-order valence-electron chi connectivity index (χ0n) is 12.0. The highest BCUT2D eigenvalue weighted by molar-refractivity contribution is 9.10. The van der Waals surface area contributed by atoms with Crippen LogP contribution in [0.25, 0.3) is 0 Å². The van der Waals surface area contributed by atoms with Gasteiger partial charge in [0.1, 0.15) is 0 Å². The highest BCUT2D eigenvalue weighted by atomic mass is 79.9. The first-order valence-electron chi connectivity index (χ1n) is 6.40. The van der Waals surface area contributed by atoms with Crippen molar-refractivity contribution in [2.75, 3.05) is 13.7 Å². The van der Waals surface area contributed by atoms with Gasteiger partial charge in [-0.25, -0.2) is 0 Å². The van der Waals surface area contributed by atoms with Crippen molar-refractivity contribution >= 4 is 27.5 Å². The normalized spacial score (nSPS) is 11.0. The molecule has 0 saturated carbocycles. The summed E-state index contributed by atoms with van der Waals surface area (Å²) in [6.07, 6.45) is 1.61. The fraction of sp³-hybridized carbons (Fsp3) is 0.533. The molecule has 3 nitrogen and oxygen atoms in total. The van der Waals surface area contributed by atoms with E-state index in [0.717, 1.165) is 22.9 Å². The molecule has 0 aliphatic heterocycles. The van der Waals surface area contributed by atoms with Crippen LogP contribution < -0.4 is 9.47 Å². The highest BCUT2D eigenvalue weighted by Gasteiger charge is 2.16. The third-order valence-corrected chi connectivity index (χ3v) is 3.84. The van der Waals surface area contributed by atoms with Crippen LogP contribution in [-0.2, 0) is 5.88 Å². The molecule has 0 N–H and O–H groups in total. The number of nitrogens with zero attached hydrogens (tertiary/aromatic N) is 1. The van der Waals surface area contributed by atoms with Crippen LogP contribution >= 0.6 is 27.5 Å². The van der Waals surface area contributed by atoms with Crippen LogP contribution in [-0.4, -0.2) is 13.7 Å². The Balaban J connectivity index is 2.67. The Labute approximate surface area is 134 Å². The van der Waals surface area contributed by atoms with E-state index in [1.807, 2.05) is 26.0 Å². The molecule has 0 aromatic heterocycles. The second kappa shape index (κ2) is 7.75. The van der Waals surface area contributed by atoms with Gasteiger partial charge in [-0.3, -0.25) is 0 Å². The average Bonchev–Trinajstić information content (AvgIpc) is 2.44. The van der Waals surface area contributed by atoms with E-state index in [4.69, 9.17) is 26.3 Å². The predicted octanol–water partition coefficient (Wildman–Crippen LogP) is 4.91. The van der Waals surface area contributed by atoms with E-state index in [1.54, 1.807) is 7.11 Å². The van der Waals surface area contributed by atoms with Gasteiger partial charge in [-0.1, -0.05) is 0 Å². The van der Waals surface area contributed by atoms with E-state index in [-0.39, 0.29) is 5.41 Å². The van der Waals surface area contributed by atoms with Crippen LogP contribution in [0.2, 0.25) is 0 Å². The number of benzene rings is 1. The summed E-state index contributed by atoms with van der Waals surface area (Å²) in [5, 5.41) is 8.96. The Morgan fingerprint density at radius 1 is 1.40 bits per heavy atom. The summed E-state index contributed by atoms with van der Waals surface area (Å²) in [6, 6.07) is 6.07. The number of hydrogen-bond donors (Lipinski definition) is 0. The molecule has 0 heterocycles. The third-order valence-electron chi connectivity index (χ3n) is 2.94. The molecule has 0 aliphatic carbocycles. The Bertz CT molecular complexity index is 497. The molecule has 0 aliphatic rings. The molecule has 1 rings (SSSR count). The number of rotatable bonds is 7. The largest absolute Gasteiger partial charge is 0.493 e. The van der Waals surface area contributed by atoms with Crippen LogP contribution in [0, 0.1) is 16.7 Å². The quantitative estimate of drug-likeness (QED) is 0.513. The van der Waals surface area contributed by atoms with Crippen molar-refractivity contribution in [2.45, 2.75) is 32.6 Å². The molecule has 0 unspecified atom stereocenters. The molecule has 0 bridgehead atoms. The second-order valence-electron chi connectivity index (χ2n) is 5.19. The maximum atomic E-state index is 8.96. The first kappa shape index (κ1) is 17.1. The number of ether oxygens (including phenoxy) is 2. The molecule has 0 saturated heterocycles. The first-order chi connectivity index (χ1) is 9.43. The van der Waals surface area contributed by atoms with Gasteiger partial charge in [0.05, 0.1) is 29.7 Å². The Hall–Kier alpha value is -0.920. The van der Waals surface area contributed by atoms with E-state index in [9.17, 15) is 0 Å². The van der Waals surface area contributed by atoms with Crippen molar-refractivity contribution in [3.8, 4) is 17.6 Å². The maximum Gasteiger partial charge on any atom is 0.175 e. The topological polar surface area (TPSA) is 42.2 Å². The SMILES string of the molecule is COc1cc(CCl)cc(Br)c1OCCCC(C)(C)C#N. The van der Waals surface area contributed by atoms with Crippen LogP contribution in [0.3, 0.4) is 0 Å². The molecular formula is C15H19BrClNO2. The zero-order chi connectivity index (χ0) is 15.2. The smallest absolute Gasteiger partial charge is 0.175 e. The maximum absolute atomic E-state index is 8.96. The highest BCUT2D eigenvalue weighted by Crippen LogP contribution is 2.37. The van der Waals surface area contributed by atoms with E-state index in [1.165, 1.54) is 0 Å². The van der Waals surface area contributed by atoms with Crippen molar-refractivity contribution in [1.82, 2.24) is 0 Å². The van der Waals surface area contributed by atoms with E-state index in [2.05, 4.69) is 22.0 Å². The zero-order valence-corrected chi connectivity index (χ0v) is 14.3. The standard InChI is InChI=1S/C15H19BrClNO2/c1-15(2,10-18)5-4-6-20-14-12(16)7-11(9-17)8-13(14)19-3/h7-8H,4-6,9H2,1-3H3. The van der Waals surface area contributed by atoms with Crippen LogP contribution in [0.15, 0.2) is 16.6 Å². The van der Waals surface area contributed by atoms with E-state index >= 15 is 0 Å². The number of halogens is 2. The minimum absolute atomic E-state index is 0.312. The molecule has 0 spiro atoms. The van der Waals surface area contributed by atoms with Crippen molar-refractivity contribution in [2.24, 2.45) is 5.41 Å². The van der Waals surface area contributed by atoms with Gasteiger partial charge in [-0.2, -0.15) is 5.26 Å². The minimum atomic E-state index is -0.312. The van der Waals surface area contributed by atoms with Crippen LogP contribution in [0.1, 0.15) is 32.3 Å². The molecular weight excluding hydrogens is 342 g/mol. The van der Waals surface area contributed by atoms with Crippen molar-refractivity contribution in [3.63, 3.8) is 0 Å². The van der Waals surface area contributed by atoms with Gasteiger partial charge in [-0.15, -0.1) is 11.6 Å². The molecule has 20 heavy (non-hydrogen) atoms. The molecule has 1 aromatic carbocycles. The van der Waals surface area contributed by atoms with Gasteiger partial charge in [0.2, 0.25) is 0 Å². The van der Waals surface area contributed by atoms with Gasteiger partial charge < -0.3 is 9.47 Å². The van der Waals surface area contributed by atoms with Crippen LogP contribution in [0.4, 0.5) is 0 Å². The number of hydrogen-bond acceptors (Lipinski definition) is 3. The summed E-state index contributed by atoms with van der Waals surface area (Å²) in [4.78, 5) is 0. The third kappa shape index (κ3) is 4.88. The van der Waals surface area contributed by atoms with Crippen molar-refractivity contribution < 1.29 is 9.47 Å². The summed E-state index contributed by atoms with van der Waals surface area (Å²) in [7, 11) is 1.60. The fourth-order valence-electron chi connectivity index (χ4n) is 1.73. The molecule has 0 radical (unpaired) electrons. The van der Waals surface area contributed by atoms with Gasteiger partial charge in [0.25, 0.3) is 0 Å². The van der Waals surface area contributed by atoms with E-state index < -0.39 is 0 Å². The Morgan fingerprint density at radius 2 is 2.10 bits per heavy atom. The molecule has 0 amide bonds. The fourth-order valence-corrected chi connectivity index (χ4v) is 2.49. The summed E-state index contributed by atoms with van der Waals surface area (Å²) >= 11 is 9.29. The lowest BCUT2D eigenvalue weighted by Crippen LogP contribution is -2.10. The molecule has 110 valence electrons. The second-order valence-corrected chi connectivity index (χ2v) is 6.31. The van der Waals surface area contributed by atoms with E-state index in [0.29, 0.717) is 24.0 Å². The number of methoxy groups -OCH3 is 1. The van der Waals surface area contributed by atoms with Gasteiger partial charge >= 0.3 is 0 Å². The summed E-state index contributed by atoms with van der Waals surface area (Å²) < 4.78 is 11.9. The Morgan fingerprint density at radius 3 is 2.65 bits per heavy atom. The molecule has 0 fully saturated rings. The predicted molar refractivity (Wildman–Crippen MR) is 84.4 cm³/mol. The number of alkyl halides is 1. The van der Waals surface area contributed by atoms with Gasteiger partial charge in [-0.05, 0) is 60.3 Å². The monoisotopic (exact) mass is 359 g/mol. The molecule has 0 atom stereocenters. The van der Waals surface area contributed by atoms with Crippen LogP contribution in [0.5, 0.6) is 11.5 Å². The van der Waals surface area contributed by atoms with Gasteiger partial charge in [0.15, 0.2) is 11.5 Å². The summed E-state index contributed by atoms with van der Waals surface area (Å²) in [6.45, 7) is 4.40. The lowest BCUT2D eigenvalue weighted by atomic mass is 9.90. The Kier molecular flexibility index (Phi) is 6.64. The van der Waals surface area contributed by atoms with Gasteiger partial charge in [0, 0.05) is 5.88 Å². The minimum Gasteiger partial charge on any atom is -0.493 e. The number of nitriles is 1. The first-order valence-corrected chi connectivity index (χ1v) is 7.72. The average molecular weight is 361 g/mol. The summed E-state index contributed by atoms with van der Waals surface area (Å²) in [5.41, 5.74) is 0.654. The van der Waals surface area contributed by atoms with Crippen molar-refractivity contribution in [1.29, 1.82) is 5.26 Å². The lowest BCUT2D eigenvalue weighted by molar-refractivity contribution is 0.268. The van der Waals surface area contributed by atoms with Crippen molar-refractivity contribution in [3.05, 3.63) is 22.2 Å². The summed E-state index contributed by atoms with van der Waals surface area (Å²) in [5.74, 6) is 1.76. The lowest BCUT2D eigenvalue weighted by Gasteiger charge is -2.16. The molecule has 5 heteroatoms. The molecule has 1 aromatic rings.